The molecule has 0 unspecified atom stereocenters. The van der Waals surface area contributed by atoms with E-state index in [1.54, 1.807) is 7.11 Å². The highest BCUT2D eigenvalue weighted by Crippen LogP contribution is 2.32. The number of ether oxygens (including phenoxy) is 2. The van der Waals surface area contributed by atoms with Gasteiger partial charge in [-0.2, -0.15) is 0 Å². The largest absolute Gasteiger partial charge is 0.493 e. The van der Waals surface area contributed by atoms with Gasteiger partial charge in [0.1, 0.15) is 0 Å². The average molecular weight is 332 g/mol. The molecule has 132 valence electrons. The first-order chi connectivity index (χ1) is 11.7. The van der Waals surface area contributed by atoms with Gasteiger partial charge in [-0.3, -0.25) is 4.79 Å². The van der Waals surface area contributed by atoms with Gasteiger partial charge >= 0.3 is 0 Å². The second-order valence-electron chi connectivity index (χ2n) is 6.79. The van der Waals surface area contributed by atoms with Crippen molar-refractivity contribution in [1.29, 1.82) is 0 Å². The van der Waals surface area contributed by atoms with E-state index in [-0.39, 0.29) is 12.0 Å². The molecule has 1 aliphatic carbocycles. The molecule has 0 bridgehead atoms. The van der Waals surface area contributed by atoms with Crippen LogP contribution >= 0.6 is 0 Å². The Morgan fingerprint density at radius 2 is 1.83 bits per heavy atom. The van der Waals surface area contributed by atoms with Crippen molar-refractivity contribution in [3.63, 3.8) is 0 Å². The number of benzene rings is 1. The minimum absolute atomic E-state index is 0.0487. The molecule has 1 aromatic carbocycles. The summed E-state index contributed by atoms with van der Waals surface area (Å²) >= 11 is 0. The van der Waals surface area contributed by atoms with Crippen LogP contribution in [0, 0.1) is 0 Å². The lowest BCUT2D eigenvalue weighted by atomic mass is 10.0. The summed E-state index contributed by atoms with van der Waals surface area (Å²) in [5, 5.41) is 3.33. The smallest absolute Gasteiger partial charge is 0.253 e. The van der Waals surface area contributed by atoms with E-state index >= 15 is 0 Å². The van der Waals surface area contributed by atoms with Crippen molar-refractivity contribution in [2.75, 3.05) is 27.2 Å². The summed E-state index contributed by atoms with van der Waals surface area (Å²) in [7, 11) is 3.52. The zero-order valence-electron chi connectivity index (χ0n) is 14.7. The third kappa shape index (κ3) is 3.83. The van der Waals surface area contributed by atoms with Crippen molar-refractivity contribution < 1.29 is 14.3 Å². The standard InChI is InChI=1S/C19H28N2O3/c1-21(15-9-11-20-12-10-15)19(22)14-7-8-17(18(13-14)23-2)24-16-5-3-4-6-16/h7-8,13,15-16,20H,3-6,9-12H2,1-2H3. The Hall–Kier alpha value is -1.75. The molecule has 1 saturated carbocycles. The van der Waals surface area contributed by atoms with E-state index in [0.29, 0.717) is 17.4 Å². The normalized spacial score (nSPS) is 19.2. The summed E-state index contributed by atoms with van der Waals surface area (Å²) in [4.78, 5) is 14.6. The Morgan fingerprint density at radius 1 is 1.12 bits per heavy atom. The van der Waals surface area contributed by atoms with Crippen LogP contribution in [0.3, 0.4) is 0 Å². The number of carbonyl (C=O) groups is 1. The van der Waals surface area contributed by atoms with Crippen molar-refractivity contribution >= 4 is 5.91 Å². The van der Waals surface area contributed by atoms with Crippen LogP contribution < -0.4 is 14.8 Å². The zero-order chi connectivity index (χ0) is 16.9. The number of nitrogens with zero attached hydrogens (tertiary/aromatic N) is 1. The molecule has 24 heavy (non-hydrogen) atoms. The average Bonchev–Trinajstić information content (AvgIpc) is 3.14. The summed E-state index contributed by atoms with van der Waals surface area (Å²) < 4.78 is 11.5. The minimum Gasteiger partial charge on any atom is -0.493 e. The maximum absolute atomic E-state index is 12.8. The van der Waals surface area contributed by atoms with Crippen molar-refractivity contribution in [2.45, 2.75) is 50.7 Å². The molecular weight excluding hydrogens is 304 g/mol. The number of amides is 1. The fraction of sp³-hybridized carbons (Fsp3) is 0.632. The van der Waals surface area contributed by atoms with Crippen LogP contribution in [0.2, 0.25) is 0 Å². The summed E-state index contributed by atoms with van der Waals surface area (Å²) in [6.07, 6.45) is 6.93. The molecule has 1 heterocycles. The summed E-state index contributed by atoms with van der Waals surface area (Å²) in [6, 6.07) is 5.84. The van der Waals surface area contributed by atoms with Crippen molar-refractivity contribution in [1.82, 2.24) is 10.2 Å². The first-order valence-electron chi connectivity index (χ1n) is 9.01. The maximum atomic E-state index is 12.8. The number of piperidine rings is 1. The van der Waals surface area contributed by atoms with Gasteiger partial charge in [0.2, 0.25) is 0 Å². The Balaban J connectivity index is 1.71. The van der Waals surface area contributed by atoms with Gasteiger partial charge in [0.15, 0.2) is 11.5 Å². The summed E-state index contributed by atoms with van der Waals surface area (Å²) in [5.74, 6) is 1.43. The number of methoxy groups -OCH3 is 1. The molecule has 1 amide bonds. The van der Waals surface area contributed by atoms with Gasteiger partial charge in [0, 0.05) is 18.7 Å². The van der Waals surface area contributed by atoms with Crippen LogP contribution in [-0.2, 0) is 0 Å². The summed E-state index contributed by atoms with van der Waals surface area (Å²) in [5.41, 5.74) is 0.659. The number of hydrogen-bond donors (Lipinski definition) is 1. The lowest BCUT2D eigenvalue weighted by Gasteiger charge is -2.31. The molecule has 5 nitrogen and oxygen atoms in total. The molecule has 1 aromatic rings. The molecule has 1 N–H and O–H groups in total. The van der Waals surface area contributed by atoms with Gasteiger partial charge in [0.05, 0.1) is 13.2 Å². The minimum atomic E-state index is 0.0487. The van der Waals surface area contributed by atoms with E-state index in [1.807, 2.05) is 30.1 Å². The van der Waals surface area contributed by atoms with Gasteiger partial charge in [-0.1, -0.05) is 0 Å². The molecule has 0 radical (unpaired) electrons. The molecular formula is C19H28N2O3. The third-order valence-corrected chi connectivity index (χ3v) is 5.18. The van der Waals surface area contributed by atoms with Gasteiger partial charge in [-0.05, 0) is 69.8 Å². The van der Waals surface area contributed by atoms with E-state index in [0.717, 1.165) is 44.5 Å². The maximum Gasteiger partial charge on any atom is 0.253 e. The van der Waals surface area contributed by atoms with Crippen LogP contribution in [0.15, 0.2) is 18.2 Å². The van der Waals surface area contributed by atoms with Crippen LogP contribution in [0.4, 0.5) is 0 Å². The first-order valence-corrected chi connectivity index (χ1v) is 9.01. The third-order valence-electron chi connectivity index (χ3n) is 5.18. The highest BCUT2D eigenvalue weighted by atomic mass is 16.5. The van der Waals surface area contributed by atoms with Gasteiger partial charge in [-0.25, -0.2) is 0 Å². The summed E-state index contributed by atoms with van der Waals surface area (Å²) in [6.45, 7) is 1.94. The fourth-order valence-electron chi connectivity index (χ4n) is 3.65. The number of carbonyl (C=O) groups excluding carboxylic acids is 1. The SMILES string of the molecule is COc1cc(C(=O)N(C)C2CCNCC2)ccc1OC1CCCC1. The lowest BCUT2D eigenvalue weighted by molar-refractivity contribution is 0.0702. The molecule has 0 aromatic heterocycles. The molecule has 0 atom stereocenters. The Bertz CT molecular complexity index is 564. The molecule has 2 fully saturated rings. The Morgan fingerprint density at radius 3 is 2.50 bits per heavy atom. The second kappa shape index (κ2) is 7.88. The highest BCUT2D eigenvalue weighted by Gasteiger charge is 2.24. The molecule has 0 spiro atoms. The van der Waals surface area contributed by atoms with Crippen LogP contribution in [0.25, 0.3) is 0 Å². The molecule has 1 saturated heterocycles. The van der Waals surface area contributed by atoms with Crippen LogP contribution in [0.1, 0.15) is 48.9 Å². The first kappa shape index (κ1) is 17.1. The van der Waals surface area contributed by atoms with E-state index in [2.05, 4.69) is 5.32 Å². The van der Waals surface area contributed by atoms with Gasteiger partial charge < -0.3 is 19.7 Å². The van der Waals surface area contributed by atoms with Crippen LogP contribution in [-0.4, -0.2) is 50.2 Å². The predicted octanol–water partition coefficient (Wildman–Crippen LogP) is 2.84. The van der Waals surface area contributed by atoms with Crippen LogP contribution in [0.5, 0.6) is 11.5 Å². The lowest BCUT2D eigenvalue weighted by Crippen LogP contribution is -2.43. The van der Waals surface area contributed by atoms with Gasteiger partial charge in [0.25, 0.3) is 5.91 Å². The van der Waals surface area contributed by atoms with E-state index in [1.165, 1.54) is 12.8 Å². The molecule has 5 heteroatoms. The van der Waals surface area contributed by atoms with Crippen molar-refractivity contribution in [2.24, 2.45) is 0 Å². The number of hydrogen-bond acceptors (Lipinski definition) is 4. The topological polar surface area (TPSA) is 50.8 Å². The number of rotatable bonds is 5. The van der Waals surface area contributed by atoms with Crippen molar-refractivity contribution in [3.05, 3.63) is 23.8 Å². The zero-order valence-corrected chi connectivity index (χ0v) is 14.7. The predicted molar refractivity (Wildman–Crippen MR) is 93.9 cm³/mol. The highest BCUT2D eigenvalue weighted by molar-refractivity contribution is 5.95. The molecule has 1 aliphatic heterocycles. The Kier molecular flexibility index (Phi) is 5.61. The monoisotopic (exact) mass is 332 g/mol. The van der Waals surface area contributed by atoms with Gasteiger partial charge in [-0.15, -0.1) is 0 Å². The molecule has 3 rings (SSSR count). The van der Waals surface area contributed by atoms with E-state index in [9.17, 15) is 4.79 Å². The van der Waals surface area contributed by atoms with Crippen molar-refractivity contribution in [3.8, 4) is 11.5 Å². The quantitative estimate of drug-likeness (QED) is 0.901. The fourth-order valence-corrected chi connectivity index (χ4v) is 3.65. The molecule has 2 aliphatic rings. The van der Waals surface area contributed by atoms with E-state index < -0.39 is 0 Å². The number of nitrogens with one attached hydrogen (secondary N) is 1. The second-order valence-corrected chi connectivity index (χ2v) is 6.79. The van der Waals surface area contributed by atoms with E-state index in [4.69, 9.17) is 9.47 Å². The Labute approximate surface area is 144 Å².